The third-order valence-corrected chi connectivity index (χ3v) is 3.78. The van der Waals surface area contributed by atoms with Crippen LogP contribution in [0.1, 0.15) is 39.7 Å². The lowest BCUT2D eigenvalue weighted by Crippen LogP contribution is -2.25. The molecule has 0 aromatic heterocycles. The van der Waals surface area contributed by atoms with E-state index in [2.05, 4.69) is 50.2 Å². The molecule has 0 unspecified atom stereocenters. The van der Waals surface area contributed by atoms with Crippen molar-refractivity contribution in [3.05, 3.63) is 42.0 Å². The van der Waals surface area contributed by atoms with Crippen LogP contribution < -0.4 is 4.74 Å². The van der Waals surface area contributed by atoms with Crippen LogP contribution in [0.15, 0.2) is 36.4 Å². The molecular formula is C19H26O2. The fourth-order valence-electron chi connectivity index (χ4n) is 2.70. The molecule has 0 atom stereocenters. The van der Waals surface area contributed by atoms with Gasteiger partial charge in [0.25, 0.3) is 0 Å². The van der Waals surface area contributed by atoms with Crippen LogP contribution in [0.2, 0.25) is 0 Å². The van der Waals surface area contributed by atoms with Crippen molar-refractivity contribution in [2.75, 3.05) is 13.2 Å². The Bertz CT molecular complexity index is 587. The summed E-state index contributed by atoms with van der Waals surface area (Å²) in [6.07, 6.45) is 1.95. The molecule has 0 bridgehead atoms. The van der Waals surface area contributed by atoms with E-state index in [9.17, 15) is 0 Å². The number of hydrogen-bond donors (Lipinski definition) is 0. The molecule has 0 aliphatic carbocycles. The Morgan fingerprint density at radius 3 is 2.43 bits per heavy atom. The normalized spacial score (nSPS) is 11.8. The molecule has 0 saturated carbocycles. The van der Waals surface area contributed by atoms with Gasteiger partial charge in [-0.2, -0.15) is 0 Å². The maximum atomic E-state index is 5.93. The van der Waals surface area contributed by atoms with Gasteiger partial charge in [0.15, 0.2) is 0 Å². The van der Waals surface area contributed by atoms with Gasteiger partial charge in [-0.15, -0.1) is 0 Å². The van der Waals surface area contributed by atoms with E-state index in [-0.39, 0.29) is 5.60 Å². The lowest BCUT2D eigenvalue weighted by molar-refractivity contribution is -0.0158. The number of hydrogen-bond acceptors (Lipinski definition) is 2. The number of benzene rings is 2. The predicted molar refractivity (Wildman–Crippen MR) is 89.1 cm³/mol. The lowest BCUT2D eigenvalue weighted by Gasteiger charge is -2.25. The molecule has 21 heavy (non-hydrogen) atoms. The summed E-state index contributed by atoms with van der Waals surface area (Å²) in [5, 5.41) is 2.43. The third-order valence-electron chi connectivity index (χ3n) is 3.78. The number of aryl methyl sites for hydroxylation is 1. The van der Waals surface area contributed by atoms with Crippen molar-refractivity contribution >= 4 is 10.8 Å². The fraction of sp³-hybridized carbons (Fsp3) is 0.474. The highest BCUT2D eigenvalue weighted by Crippen LogP contribution is 2.32. The van der Waals surface area contributed by atoms with Gasteiger partial charge in [0.2, 0.25) is 0 Å². The third kappa shape index (κ3) is 3.98. The van der Waals surface area contributed by atoms with Crippen molar-refractivity contribution in [1.29, 1.82) is 0 Å². The molecule has 114 valence electrons. The minimum absolute atomic E-state index is 0.0934. The minimum Gasteiger partial charge on any atom is -0.493 e. The van der Waals surface area contributed by atoms with E-state index < -0.39 is 0 Å². The first-order valence-corrected chi connectivity index (χ1v) is 7.84. The maximum absolute atomic E-state index is 5.93. The van der Waals surface area contributed by atoms with Crippen molar-refractivity contribution in [2.24, 2.45) is 0 Å². The van der Waals surface area contributed by atoms with Crippen LogP contribution in [-0.4, -0.2) is 18.8 Å². The highest BCUT2D eigenvalue weighted by atomic mass is 16.5. The van der Waals surface area contributed by atoms with Crippen LogP contribution >= 0.6 is 0 Å². The van der Waals surface area contributed by atoms with Gasteiger partial charge in [-0.1, -0.05) is 36.4 Å². The largest absolute Gasteiger partial charge is 0.493 e. The molecule has 0 spiro atoms. The molecule has 0 fully saturated rings. The maximum Gasteiger partial charge on any atom is 0.130 e. The Morgan fingerprint density at radius 2 is 1.71 bits per heavy atom. The van der Waals surface area contributed by atoms with Gasteiger partial charge in [-0.05, 0) is 51.5 Å². The van der Waals surface area contributed by atoms with E-state index in [4.69, 9.17) is 9.47 Å². The summed E-state index contributed by atoms with van der Waals surface area (Å²) in [6.45, 7) is 9.83. The molecule has 0 radical (unpaired) electrons. The molecule has 0 amide bonds. The van der Waals surface area contributed by atoms with Crippen LogP contribution in [0.4, 0.5) is 0 Å². The number of rotatable bonds is 7. The molecule has 0 saturated heterocycles. The smallest absolute Gasteiger partial charge is 0.130 e. The van der Waals surface area contributed by atoms with Crippen molar-refractivity contribution in [1.82, 2.24) is 0 Å². The summed E-state index contributed by atoms with van der Waals surface area (Å²) in [4.78, 5) is 0. The second-order valence-electron chi connectivity index (χ2n) is 5.90. The Labute approximate surface area is 128 Å². The molecule has 2 nitrogen and oxygen atoms in total. The van der Waals surface area contributed by atoms with Crippen LogP contribution in [-0.2, 0) is 11.2 Å². The van der Waals surface area contributed by atoms with Crippen molar-refractivity contribution < 1.29 is 9.47 Å². The first-order chi connectivity index (χ1) is 10.1. The van der Waals surface area contributed by atoms with Crippen molar-refractivity contribution in [2.45, 2.75) is 46.1 Å². The van der Waals surface area contributed by atoms with Gasteiger partial charge >= 0.3 is 0 Å². The monoisotopic (exact) mass is 286 g/mol. The van der Waals surface area contributed by atoms with Crippen LogP contribution in [0.25, 0.3) is 10.8 Å². The van der Waals surface area contributed by atoms with Gasteiger partial charge in [-0.3, -0.25) is 0 Å². The van der Waals surface area contributed by atoms with Crippen LogP contribution in [0.3, 0.4) is 0 Å². The molecule has 0 heterocycles. The summed E-state index contributed by atoms with van der Waals surface area (Å²) in [6, 6.07) is 12.8. The van der Waals surface area contributed by atoms with E-state index in [1.165, 1.54) is 16.3 Å². The predicted octanol–water partition coefficient (Wildman–Crippen LogP) is 4.99. The zero-order chi connectivity index (χ0) is 15.3. The Hall–Kier alpha value is -1.54. The second kappa shape index (κ2) is 6.95. The highest BCUT2D eigenvalue weighted by Gasteiger charge is 2.19. The van der Waals surface area contributed by atoms with E-state index >= 15 is 0 Å². The highest BCUT2D eigenvalue weighted by molar-refractivity contribution is 5.89. The molecule has 2 heteroatoms. The van der Waals surface area contributed by atoms with Gasteiger partial charge in [0.05, 0.1) is 12.2 Å². The number of ether oxygens (including phenoxy) is 2. The van der Waals surface area contributed by atoms with Gasteiger partial charge in [-0.25, -0.2) is 0 Å². The summed E-state index contributed by atoms with van der Waals surface area (Å²) >= 11 is 0. The quantitative estimate of drug-likeness (QED) is 0.714. The molecule has 0 aliphatic rings. The van der Waals surface area contributed by atoms with E-state index in [0.717, 1.165) is 25.2 Å². The number of fused-ring (bicyclic) bond motifs is 1. The van der Waals surface area contributed by atoms with Gasteiger partial charge in [0.1, 0.15) is 5.75 Å². The van der Waals surface area contributed by atoms with Crippen LogP contribution in [0, 0.1) is 0 Å². The Morgan fingerprint density at radius 1 is 0.952 bits per heavy atom. The first kappa shape index (κ1) is 15.8. The summed E-state index contributed by atoms with van der Waals surface area (Å²) in [5.41, 5.74) is 1.17. The lowest BCUT2D eigenvalue weighted by atomic mass is 9.96. The minimum atomic E-state index is -0.0934. The molecular weight excluding hydrogens is 260 g/mol. The van der Waals surface area contributed by atoms with Gasteiger partial charge < -0.3 is 9.47 Å². The topological polar surface area (TPSA) is 18.5 Å². The van der Waals surface area contributed by atoms with Gasteiger partial charge in [0, 0.05) is 12.0 Å². The standard InChI is InChI=1S/C19H26O2/c1-5-20-18-16(13-14-19(3,4)21-6-2)12-11-15-9-7-8-10-17(15)18/h7-12H,5-6,13-14H2,1-4H3. The first-order valence-electron chi connectivity index (χ1n) is 7.84. The Balaban J connectivity index is 2.28. The van der Waals surface area contributed by atoms with E-state index in [0.29, 0.717) is 6.61 Å². The summed E-state index contributed by atoms with van der Waals surface area (Å²) in [7, 11) is 0. The molecule has 0 N–H and O–H groups in total. The zero-order valence-electron chi connectivity index (χ0n) is 13.6. The molecule has 2 aromatic carbocycles. The summed E-state index contributed by atoms with van der Waals surface area (Å²) < 4.78 is 11.7. The van der Waals surface area contributed by atoms with Crippen molar-refractivity contribution in [3.63, 3.8) is 0 Å². The molecule has 0 aliphatic heterocycles. The molecule has 2 aromatic rings. The SMILES string of the molecule is CCOc1c(CCC(C)(C)OCC)ccc2ccccc12. The molecule has 2 rings (SSSR count). The Kier molecular flexibility index (Phi) is 5.24. The average molecular weight is 286 g/mol. The van der Waals surface area contributed by atoms with E-state index in [1.54, 1.807) is 0 Å². The second-order valence-corrected chi connectivity index (χ2v) is 5.90. The fourth-order valence-corrected chi connectivity index (χ4v) is 2.70. The average Bonchev–Trinajstić information content (AvgIpc) is 2.46. The summed E-state index contributed by atoms with van der Waals surface area (Å²) in [5.74, 6) is 1.03. The van der Waals surface area contributed by atoms with Crippen molar-refractivity contribution in [3.8, 4) is 5.75 Å². The van der Waals surface area contributed by atoms with Crippen LogP contribution in [0.5, 0.6) is 5.75 Å². The van der Waals surface area contributed by atoms with E-state index in [1.807, 2.05) is 13.8 Å². The zero-order valence-corrected chi connectivity index (χ0v) is 13.6.